The summed E-state index contributed by atoms with van der Waals surface area (Å²) >= 11 is 0. The maximum absolute atomic E-state index is 11.8. The summed E-state index contributed by atoms with van der Waals surface area (Å²) in [4.78, 5) is 12.4. The largest absolute Gasteiger partial charge is 0.405 e. The average Bonchev–Trinajstić information content (AvgIpc) is 3.03. The number of rotatable bonds is 6. The lowest BCUT2D eigenvalue weighted by molar-refractivity contribution is -0.123. The topological polar surface area (TPSA) is 41.6 Å². The summed E-state index contributed by atoms with van der Waals surface area (Å²) < 4.78 is 40.8. The Balaban J connectivity index is 2.04. The van der Waals surface area contributed by atoms with Gasteiger partial charge in [0.05, 0.1) is 6.61 Å². The van der Waals surface area contributed by atoms with Crippen molar-refractivity contribution in [1.82, 2.24) is 10.2 Å². The van der Waals surface area contributed by atoms with Crippen LogP contribution in [0.5, 0.6) is 0 Å². The Hall–Kier alpha value is -0.980. The standard InChI is InChI=1S/C10H17F3N2O2/c1-15(4-5-17-6-8-2-3-8)9(16)14-7-10(11,12)13/h8H,2-7H2,1H3,(H,14,16). The number of nitrogens with one attached hydrogen (secondary N) is 1. The van der Waals surface area contributed by atoms with E-state index in [0.29, 0.717) is 19.1 Å². The van der Waals surface area contributed by atoms with Gasteiger partial charge in [-0.15, -0.1) is 0 Å². The molecule has 0 aromatic heterocycles. The lowest BCUT2D eigenvalue weighted by Crippen LogP contribution is -2.43. The minimum atomic E-state index is -4.38. The highest BCUT2D eigenvalue weighted by Crippen LogP contribution is 2.28. The molecule has 0 spiro atoms. The van der Waals surface area contributed by atoms with E-state index in [1.54, 1.807) is 5.32 Å². The van der Waals surface area contributed by atoms with Gasteiger partial charge < -0.3 is 15.0 Å². The van der Waals surface area contributed by atoms with Crippen molar-refractivity contribution in [3.63, 3.8) is 0 Å². The summed E-state index contributed by atoms with van der Waals surface area (Å²) in [5.41, 5.74) is 0. The minimum absolute atomic E-state index is 0.288. The number of carbonyl (C=O) groups is 1. The van der Waals surface area contributed by atoms with Crippen molar-refractivity contribution in [1.29, 1.82) is 0 Å². The monoisotopic (exact) mass is 254 g/mol. The van der Waals surface area contributed by atoms with E-state index < -0.39 is 18.8 Å². The lowest BCUT2D eigenvalue weighted by Gasteiger charge is -2.18. The normalized spacial score (nSPS) is 15.8. The first-order valence-electron chi connectivity index (χ1n) is 5.52. The van der Waals surface area contributed by atoms with Gasteiger partial charge in [-0.2, -0.15) is 13.2 Å². The molecule has 100 valence electrons. The summed E-state index contributed by atoms with van der Waals surface area (Å²) in [5, 5.41) is 1.79. The lowest BCUT2D eigenvalue weighted by atomic mass is 10.5. The molecule has 1 aliphatic rings. The molecule has 7 heteroatoms. The summed E-state index contributed by atoms with van der Waals surface area (Å²) in [7, 11) is 1.44. The predicted molar refractivity (Wildman–Crippen MR) is 55.6 cm³/mol. The van der Waals surface area contributed by atoms with Crippen molar-refractivity contribution in [2.24, 2.45) is 5.92 Å². The molecule has 0 saturated heterocycles. The highest BCUT2D eigenvalue weighted by atomic mass is 19.4. The van der Waals surface area contributed by atoms with Crippen LogP contribution < -0.4 is 5.32 Å². The third-order valence-electron chi connectivity index (χ3n) is 2.41. The first kappa shape index (κ1) is 14.1. The third kappa shape index (κ3) is 7.04. The Morgan fingerprint density at radius 1 is 1.47 bits per heavy atom. The molecular weight excluding hydrogens is 237 g/mol. The number of nitrogens with zero attached hydrogens (tertiary/aromatic N) is 1. The van der Waals surface area contributed by atoms with Crippen LogP contribution in [0.4, 0.5) is 18.0 Å². The van der Waals surface area contributed by atoms with Crippen molar-refractivity contribution in [3.8, 4) is 0 Å². The second kappa shape index (κ2) is 6.09. The fourth-order valence-corrected chi connectivity index (χ4v) is 1.15. The number of urea groups is 1. The van der Waals surface area contributed by atoms with E-state index in [0.717, 1.165) is 0 Å². The maximum atomic E-state index is 11.8. The molecule has 2 amide bonds. The molecule has 1 saturated carbocycles. The fraction of sp³-hybridized carbons (Fsp3) is 0.900. The van der Waals surface area contributed by atoms with Crippen molar-refractivity contribution in [2.45, 2.75) is 19.0 Å². The van der Waals surface area contributed by atoms with Gasteiger partial charge in [-0.25, -0.2) is 4.79 Å². The van der Waals surface area contributed by atoms with Crippen LogP contribution in [0.3, 0.4) is 0 Å². The average molecular weight is 254 g/mol. The zero-order valence-electron chi connectivity index (χ0n) is 9.72. The molecule has 1 N–H and O–H groups in total. The van der Waals surface area contributed by atoms with Gasteiger partial charge in [0.2, 0.25) is 0 Å². The van der Waals surface area contributed by atoms with Crippen LogP contribution in [0, 0.1) is 5.92 Å². The van der Waals surface area contributed by atoms with Gasteiger partial charge in [0.1, 0.15) is 6.54 Å². The van der Waals surface area contributed by atoms with Crippen molar-refractivity contribution in [3.05, 3.63) is 0 Å². The quantitative estimate of drug-likeness (QED) is 0.732. The van der Waals surface area contributed by atoms with E-state index in [4.69, 9.17) is 4.74 Å². The van der Waals surface area contributed by atoms with E-state index in [9.17, 15) is 18.0 Å². The summed E-state index contributed by atoms with van der Waals surface area (Å²) in [5.74, 6) is 0.638. The molecule has 0 bridgehead atoms. The second-order valence-corrected chi connectivity index (χ2v) is 4.21. The van der Waals surface area contributed by atoms with E-state index in [-0.39, 0.29) is 6.54 Å². The van der Waals surface area contributed by atoms with E-state index in [1.165, 1.54) is 24.8 Å². The minimum Gasteiger partial charge on any atom is -0.379 e. The smallest absolute Gasteiger partial charge is 0.379 e. The van der Waals surface area contributed by atoms with E-state index in [2.05, 4.69) is 0 Å². The molecule has 0 heterocycles. The number of ether oxygens (including phenoxy) is 1. The van der Waals surface area contributed by atoms with Crippen molar-refractivity contribution in [2.75, 3.05) is 33.4 Å². The van der Waals surface area contributed by atoms with Gasteiger partial charge >= 0.3 is 12.2 Å². The molecule has 1 aliphatic carbocycles. The molecule has 1 fully saturated rings. The van der Waals surface area contributed by atoms with Crippen LogP contribution in [0.25, 0.3) is 0 Å². The van der Waals surface area contributed by atoms with Gasteiger partial charge in [0.25, 0.3) is 0 Å². The molecule has 0 radical (unpaired) electrons. The maximum Gasteiger partial charge on any atom is 0.405 e. The van der Waals surface area contributed by atoms with Crippen LogP contribution in [0.1, 0.15) is 12.8 Å². The number of hydrogen-bond donors (Lipinski definition) is 1. The third-order valence-corrected chi connectivity index (χ3v) is 2.41. The first-order valence-corrected chi connectivity index (χ1v) is 5.52. The number of carbonyl (C=O) groups excluding carboxylic acids is 1. The molecule has 4 nitrogen and oxygen atoms in total. The molecule has 0 aromatic rings. The van der Waals surface area contributed by atoms with Crippen LogP contribution in [-0.4, -0.2) is 50.5 Å². The summed E-state index contributed by atoms with van der Waals surface area (Å²) in [6, 6.07) is -0.739. The molecule has 1 rings (SSSR count). The predicted octanol–water partition coefficient (Wildman–Crippen LogP) is 1.62. The zero-order chi connectivity index (χ0) is 12.9. The highest BCUT2D eigenvalue weighted by molar-refractivity contribution is 5.73. The molecule has 0 unspecified atom stereocenters. The number of likely N-dealkylation sites (N-methyl/N-ethyl adjacent to an activating group) is 1. The Labute approximate surface area is 98.1 Å². The van der Waals surface area contributed by atoms with E-state index >= 15 is 0 Å². The Morgan fingerprint density at radius 3 is 2.65 bits per heavy atom. The number of amides is 2. The Kier molecular flexibility index (Phi) is 5.04. The van der Waals surface area contributed by atoms with Gasteiger partial charge in [-0.1, -0.05) is 0 Å². The van der Waals surface area contributed by atoms with Crippen molar-refractivity contribution >= 4 is 6.03 Å². The van der Waals surface area contributed by atoms with Gasteiger partial charge in [0.15, 0.2) is 0 Å². The first-order chi connectivity index (χ1) is 7.88. The van der Waals surface area contributed by atoms with Crippen LogP contribution >= 0.6 is 0 Å². The Morgan fingerprint density at radius 2 is 2.12 bits per heavy atom. The fourth-order valence-electron chi connectivity index (χ4n) is 1.15. The Bertz CT molecular complexity index is 254. The highest BCUT2D eigenvalue weighted by Gasteiger charge is 2.28. The number of hydrogen-bond acceptors (Lipinski definition) is 2. The number of halogens is 3. The van der Waals surface area contributed by atoms with Crippen LogP contribution in [0.2, 0.25) is 0 Å². The molecular formula is C10H17F3N2O2. The van der Waals surface area contributed by atoms with Crippen LogP contribution in [-0.2, 0) is 4.74 Å². The molecule has 0 aliphatic heterocycles. The number of alkyl halides is 3. The second-order valence-electron chi connectivity index (χ2n) is 4.21. The molecule has 0 atom stereocenters. The van der Waals surface area contributed by atoms with Gasteiger partial charge in [0, 0.05) is 20.2 Å². The van der Waals surface area contributed by atoms with Crippen LogP contribution in [0.15, 0.2) is 0 Å². The van der Waals surface area contributed by atoms with Crippen molar-refractivity contribution < 1.29 is 22.7 Å². The van der Waals surface area contributed by atoms with E-state index in [1.807, 2.05) is 0 Å². The summed E-state index contributed by atoms with van der Waals surface area (Å²) in [6.45, 7) is 0.0139. The molecule has 17 heavy (non-hydrogen) atoms. The van der Waals surface area contributed by atoms with Gasteiger partial charge in [-0.3, -0.25) is 0 Å². The molecule has 0 aromatic carbocycles. The SMILES string of the molecule is CN(CCOCC1CC1)C(=O)NCC(F)(F)F. The van der Waals surface area contributed by atoms with Gasteiger partial charge in [-0.05, 0) is 18.8 Å². The summed E-state index contributed by atoms with van der Waals surface area (Å²) in [6.07, 6.45) is -2.01. The zero-order valence-corrected chi connectivity index (χ0v) is 9.72.